The molecule has 0 N–H and O–H groups in total. The number of piperazine rings is 1. The molecule has 0 aromatic heterocycles. The van der Waals surface area contributed by atoms with Crippen molar-refractivity contribution in [3.63, 3.8) is 0 Å². The van der Waals surface area contributed by atoms with Gasteiger partial charge in [-0.2, -0.15) is 0 Å². The molecule has 96 valence electrons. The fraction of sp³-hybridized carbons (Fsp3) is 0.357. The Balaban J connectivity index is 2.15. The van der Waals surface area contributed by atoms with Crippen LogP contribution in [0.5, 0.6) is 0 Å². The molecule has 1 amide bonds. The predicted molar refractivity (Wildman–Crippen MR) is 70.0 cm³/mol. The first-order chi connectivity index (χ1) is 8.63. The van der Waals surface area contributed by atoms with Crippen LogP contribution in [0.25, 0.3) is 0 Å². The third kappa shape index (κ3) is 2.43. The smallest absolute Gasteiger partial charge is 0.244 e. The van der Waals surface area contributed by atoms with Gasteiger partial charge in [0.1, 0.15) is 5.82 Å². The van der Waals surface area contributed by atoms with Crippen LogP contribution in [0.4, 0.5) is 10.1 Å². The molecule has 1 unspecified atom stereocenters. The Hall–Kier alpha value is -1.68. The van der Waals surface area contributed by atoms with Gasteiger partial charge in [0.25, 0.3) is 0 Å². The van der Waals surface area contributed by atoms with Gasteiger partial charge in [-0.25, -0.2) is 4.39 Å². The third-order valence-corrected chi connectivity index (χ3v) is 3.28. The van der Waals surface area contributed by atoms with Gasteiger partial charge >= 0.3 is 0 Å². The molecule has 1 saturated heterocycles. The lowest BCUT2D eigenvalue weighted by Gasteiger charge is -2.38. The van der Waals surface area contributed by atoms with Crippen LogP contribution in [0.15, 0.2) is 36.9 Å². The predicted octanol–water partition coefficient (Wildman–Crippen LogP) is 2.05. The van der Waals surface area contributed by atoms with E-state index in [1.165, 1.54) is 12.1 Å². The number of carbonyl (C=O) groups is 1. The van der Waals surface area contributed by atoms with Crippen molar-refractivity contribution in [2.45, 2.75) is 13.0 Å². The average Bonchev–Trinajstić information content (AvgIpc) is 2.37. The van der Waals surface area contributed by atoms with Crippen molar-refractivity contribution in [3.8, 4) is 0 Å². The van der Waals surface area contributed by atoms with Crippen LogP contribution in [0, 0.1) is 5.82 Å². The van der Waals surface area contributed by atoms with Crippen LogP contribution in [-0.4, -0.2) is 36.5 Å². The molecule has 18 heavy (non-hydrogen) atoms. The van der Waals surface area contributed by atoms with Crippen molar-refractivity contribution in [3.05, 3.63) is 42.7 Å². The van der Waals surface area contributed by atoms with Gasteiger partial charge < -0.3 is 4.90 Å². The molecule has 1 fully saturated rings. The van der Waals surface area contributed by atoms with Crippen LogP contribution < -0.4 is 4.90 Å². The largest absolute Gasteiger partial charge is 0.310 e. The molecule has 0 bridgehead atoms. The molecular weight excluding hydrogens is 231 g/mol. The maximum absolute atomic E-state index is 12.9. The van der Waals surface area contributed by atoms with Gasteiger partial charge in [-0.1, -0.05) is 6.08 Å². The number of hydrogen-bond donors (Lipinski definition) is 0. The Morgan fingerprint density at radius 2 is 2.06 bits per heavy atom. The molecule has 1 atom stereocenters. The quantitative estimate of drug-likeness (QED) is 0.764. The van der Waals surface area contributed by atoms with E-state index in [0.717, 1.165) is 12.2 Å². The molecule has 1 aliphatic rings. The third-order valence-electron chi connectivity index (χ3n) is 3.28. The number of benzene rings is 1. The number of carbonyl (C=O) groups excluding carboxylic acids is 1. The fourth-order valence-electron chi connectivity index (χ4n) is 2.21. The van der Waals surface area contributed by atoms with E-state index in [-0.39, 0.29) is 17.8 Å². The Morgan fingerprint density at radius 1 is 1.39 bits per heavy atom. The van der Waals surface area contributed by atoms with E-state index in [4.69, 9.17) is 0 Å². The highest BCUT2D eigenvalue weighted by atomic mass is 19.1. The van der Waals surface area contributed by atoms with Crippen LogP contribution >= 0.6 is 0 Å². The second kappa shape index (κ2) is 5.31. The topological polar surface area (TPSA) is 23.6 Å². The Labute approximate surface area is 107 Å². The average molecular weight is 248 g/mol. The second-order valence-corrected chi connectivity index (χ2v) is 4.43. The molecule has 0 saturated carbocycles. The van der Waals surface area contributed by atoms with Crippen LogP contribution in [0.1, 0.15) is 6.92 Å². The van der Waals surface area contributed by atoms with Crippen molar-refractivity contribution >= 4 is 11.6 Å². The standard InChI is InChI=1S/C14H17FN2O/c1-3-8-16-9-10-17(14(18)11(16)2)13-6-4-12(15)5-7-13/h3-7,11H,1,8-10H2,2H3. The summed E-state index contributed by atoms with van der Waals surface area (Å²) in [6, 6.07) is 5.88. The highest BCUT2D eigenvalue weighted by Gasteiger charge is 2.31. The first-order valence-corrected chi connectivity index (χ1v) is 6.05. The van der Waals surface area contributed by atoms with E-state index >= 15 is 0 Å². The van der Waals surface area contributed by atoms with E-state index in [0.29, 0.717) is 13.1 Å². The summed E-state index contributed by atoms with van der Waals surface area (Å²) < 4.78 is 12.9. The Kier molecular flexibility index (Phi) is 3.77. The van der Waals surface area contributed by atoms with E-state index < -0.39 is 0 Å². The lowest BCUT2D eigenvalue weighted by molar-refractivity contribution is -0.124. The Morgan fingerprint density at radius 3 is 2.67 bits per heavy atom. The summed E-state index contributed by atoms with van der Waals surface area (Å²) in [6.45, 7) is 7.73. The normalized spacial score (nSPS) is 21.1. The zero-order valence-electron chi connectivity index (χ0n) is 10.5. The molecule has 0 radical (unpaired) electrons. The van der Waals surface area contributed by atoms with Crippen molar-refractivity contribution in [2.24, 2.45) is 0 Å². The molecule has 0 aliphatic carbocycles. The molecular formula is C14H17FN2O. The number of amides is 1. The lowest BCUT2D eigenvalue weighted by Crippen LogP contribution is -2.55. The zero-order valence-corrected chi connectivity index (χ0v) is 10.5. The summed E-state index contributed by atoms with van der Waals surface area (Å²) in [5.41, 5.74) is 0.756. The highest BCUT2D eigenvalue weighted by molar-refractivity contribution is 5.97. The van der Waals surface area contributed by atoms with Gasteiger partial charge in [-0.05, 0) is 31.2 Å². The number of hydrogen-bond acceptors (Lipinski definition) is 2. The maximum Gasteiger partial charge on any atom is 0.244 e. The second-order valence-electron chi connectivity index (χ2n) is 4.43. The molecule has 1 aliphatic heterocycles. The Bertz CT molecular complexity index is 444. The highest BCUT2D eigenvalue weighted by Crippen LogP contribution is 2.20. The molecule has 1 aromatic carbocycles. The number of anilines is 1. The number of rotatable bonds is 3. The zero-order chi connectivity index (χ0) is 13.1. The van der Waals surface area contributed by atoms with Crippen molar-refractivity contribution in [2.75, 3.05) is 24.5 Å². The minimum absolute atomic E-state index is 0.0507. The van der Waals surface area contributed by atoms with Gasteiger partial charge in [0, 0.05) is 25.3 Å². The summed E-state index contributed by atoms with van der Waals surface area (Å²) in [4.78, 5) is 16.0. The van der Waals surface area contributed by atoms with E-state index in [2.05, 4.69) is 11.5 Å². The number of halogens is 1. The minimum Gasteiger partial charge on any atom is -0.310 e. The van der Waals surface area contributed by atoms with Crippen LogP contribution in [-0.2, 0) is 4.79 Å². The molecule has 3 nitrogen and oxygen atoms in total. The summed E-state index contributed by atoms with van der Waals surface area (Å²) in [6.07, 6.45) is 1.80. The fourth-order valence-corrected chi connectivity index (χ4v) is 2.21. The first kappa shape index (κ1) is 12.8. The molecule has 0 spiro atoms. The molecule has 1 aromatic rings. The summed E-state index contributed by atoms with van der Waals surface area (Å²) in [5, 5.41) is 0. The van der Waals surface area contributed by atoms with E-state index in [1.807, 2.05) is 6.92 Å². The number of nitrogens with zero attached hydrogens (tertiary/aromatic N) is 2. The van der Waals surface area contributed by atoms with Gasteiger partial charge in [-0.15, -0.1) is 6.58 Å². The summed E-state index contributed by atoms with van der Waals surface area (Å²) in [7, 11) is 0. The van der Waals surface area contributed by atoms with Crippen molar-refractivity contribution < 1.29 is 9.18 Å². The summed E-state index contributed by atoms with van der Waals surface area (Å²) >= 11 is 0. The van der Waals surface area contributed by atoms with Crippen LogP contribution in [0.3, 0.4) is 0 Å². The maximum atomic E-state index is 12.9. The van der Waals surface area contributed by atoms with Crippen molar-refractivity contribution in [1.82, 2.24) is 4.90 Å². The van der Waals surface area contributed by atoms with E-state index in [9.17, 15) is 9.18 Å². The van der Waals surface area contributed by atoms with Gasteiger partial charge in [0.05, 0.1) is 6.04 Å². The first-order valence-electron chi connectivity index (χ1n) is 6.05. The monoisotopic (exact) mass is 248 g/mol. The van der Waals surface area contributed by atoms with Crippen molar-refractivity contribution in [1.29, 1.82) is 0 Å². The SMILES string of the molecule is C=CCN1CCN(c2ccc(F)cc2)C(=O)C1C. The van der Waals surface area contributed by atoms with Crippen LogP contribution in [0.2, 0.25) is 0 Å². The van der Waals surface area contributed by atoms with Gasteiger partial charge in [0.2, 0.25) is 5.91 Å². The molecule has 2 rings (SSSR count). The molecule has 4 heteroatoms. The van der Waals surface area contributed by atoms with Gasteiger partial charge in [0.15, 0.2) is 0 Å². The lowest BCUT2D eigenvalue weighted by atomic mass is 10.1. The molecule has 1 heterocycles. The summed E-state index contributed by atoms with van der Waals surface area (Å²) in [5.74, 6) is -0.237. The van der Waals surface area contributed by atoms with Gasteiger partial charge in [-0.3, -0.25) is 9.69 Å². The minimum atomic E-state index is -0.287. The van der Waals surface area contributed by atoms with E-state index in [1.54, 1.807) is 23.1 Å².